The van der Waals surface area contributed by atoms with Gasteiger partial charge < -0.3 is 0 Å². The normalized spacial score (nSPS) is 24.5. The average Bonchev–Trinajstić information content (AvgIpc) is 2.49. The molecule has 0 aromatic carbocycles. The zero-order valence-electron chi connectivity index (χ0n) is 13.3. The summed E-state index contributed by atoms with van der Waals surface area (Å²) >= 11 is 0. The Balaban J connectivity index is 0.000000861. The van der Waals surface area contributed by atoms with Crippen LogP contribution in [0.4, 0.5) is 0 Å². The van der Waals surface area contributed by atoms with Gasteiger partial charge in [-0.25, -0.2) is 0 Å². The van der Waals surface area contributed by atoms with Crippen molar-refractivity contribution in [1.82, 2.24) is 9.88 Å². The summed E-state index contributed by atoms with van der Waals surface area (Å²) in [7, 11) is 2.26. The molecule has 1 fully saturated rings. The Morgan fingerprint density at radius 2 is 1.84 bits per heavy atom. The van der Waals surface area contributed by atoms with Crippen LogP contribution in [-0.4, -0.2) is 23.0 Å². The van der Waals surface area contributed by atoms with Crippen LogP contribution < -0.4 is 0 Å². The van der Waals surface area contributed by atoms with Crippen LogP contribution in [0.2, 0.25) is 0 Å². The first kappa shape index (κ1) is 16.2. The molecular weight excluding hydrogens is 232 g/mol. The van der Waals surface area contributed by atoms with Gasteiger partial charge in [-0.15, -0.1) is 0 Å². The van der Waals surface area contributed by atoms with Crippen molar-refractivity contribution in [2.45, 2.75) is 65.5 Å². The van der Waals surface area contributed by atoms with E-state index in [1.54, 1.807) is 0 Å². The molecule has 19 heavy (non-hydrogen) atoms. The van der Waals surface area contributed by atoms with Gasteiger partial charge >= 0.3 is 0 Å². The molecule has 0 spiro atoms. The molecule has 0 bridgehead atoms. The van der Waals surface area contributed by atoms with Crippen LogP contribution in [0.15, 0.2) is 24.5 Å². The van der Waals surface area contributed by atoms with Gasteiger partial charge in [-0.05, 0) is 57.2 Å². The minimum absolute atomic E-state index is 0.474. The molecule has 1 aliphatic rings. The molecule has 0 saturated heterocycles. The number of rotatable bonds is 3. The first-order valence-corrected chi connectivity index (χ1v) is 7.80. The van der Waals surface area contributed by atoms with Crippen molar-refractivity contribution in [2.24, 2.45) is 5.92 Å². The molecule has 2 heteroatoms. The number of pyridine rings is 1. The van der Waals surface area contributed by atoms with Gasteiger partial charge in [0.15, 0.2) is 0 Å². The van der Waals surface area contributed by atoms with Crippen LogP contribution >= 0.6 is 0 Å². The van der Waals surface area contributed by atoms with Gasteiger partial charge in [0.1, 0.15) is 0 Å². The minimum atomic E-state index is 0.474. The van der Waals surface area contributed by atoms with Crippen molar-refractivity contribution in [3.8, 4) is 0 Å². The molecule has 1 heterocycles. The molecule has 1 aromatic rings. The highest BCUT2D eigenvalue weighted by atomic mass is 15.2. The van der Waals surface area contributed by atoms with Crippen molar-refractivity contribution in [3.63, 3.8) is 0 Å². The first-order chi connectivity index (χ1) is 9.18. The smallest absolute Gasteiger partial charge is 0.0335 e. The molecule has 1 aliphatic carbocycles. The Hall–Kier alpha value is -0.890. The summed E-state index contributed by atoms with van der Waals surface area (Å²) in [6.07, 6.45) is 9.30. The predicted octanol–water partition coefficient (Wildman–Crippen LogP) is 4.68. The molecule has 0 aliphatic heterocycles. The third-order valence-electron chi connectivity index (χ3n) is 4.34. The lowest BCUT2D eigenvalue weighted by Gasteiger charge is -2.37. The fourth-order valence-corrected chi connectivity index (χ4v) is 2.82. The van der Waals surface area contributed by atoms with Crippen LogP contribution in [0.25, 0.3) is 0 Å². The van der Waals surface area contributed by atoms with Crippen LogP contribution in [0.3, 0.4) is 0 Å². The van der Waals surface area contributed by atoms with E-state index in [4.69, 9.17) is 0 Å². The van der Waals surface area contributed by atoms with E-state index in [1.165, 1.54) is 31.2 Å². The summed E-state index contributed by atoms with van der Waals surface area (Å²) in [6, 6.07) is 5.44. The van der Waals surface area contributed by atoms with Crippen molar-refractivity contribution >= 4 is 0 Å². The van der Waals surface area contributed by atoms with E-state index >= 15 is 0 Å². The standard InChI is InChI=1S/C15H24N2.C2H6/c1-12-6-8-15(9-7-12)17(3)13(2)14-5-4-10-16-11-14;1-2/h4-5,10-13,15H,6-9H2,1-3H3;1-2H3. The van der Waals surface area contributed by atoms with Gasteiger partial charge in [0, 0.05) is 24.5 Å². The van der Waals surface area contributed by atoms with Crippen LogP contribution in [-0.2, 0) is 0 Å². The van der Waals surface area contributed by atoms with E-state index in [0.29, 0.717) is 6.04 Å². The molecule has 0 radical (unpaired) electrons. The quantitative estimate of drug-likeness (QED) is 0.786. The van der Waals surface area contributed by atoms with E-state index in [-0.39, 0.29) is 0 Å². The van der Waals surface area contributed by atoms with Crippen molar-refractivity contribution in [3.05, 3.63) is 30.1 Å². The summed E-state index contributed by atoms with van der Waals surface area (Å²) < 4.78 is 0. The van der Waals surface area contributed by atoms with E-state index < -0.39 is 0 Å². The van der Waals surface area contributed by atoms with Gasteiger partial charge in [0.05, 0.1) is 0 Å². The van der Waals surface area contributed by atoms with Gasteiger partial charge in [0.2, 0.25) is 0 Å². The maximum Gasteiger partial charge on any atom is 0.0335 e. The molecule has 1 aromatic heterocycles. The largest absolute Gasteiger partial charge is 0.297 e. The molecule has 1 saturated carbocycles. The van der Waals surface area contributed by atoms with E-state index in [2.05, 4.69) is 36.8 Å². The molecule has 0 N–H and O–H groups in total. The van der Waals surface area contributed by atoms with Gasteiger partial charge in [0.25, 0.3) is 0 Å². The summed E-state index contributed by atoms with van der Waals surface area (Å²) in [5.41, 5.74) is 1.33. The summed E-state index contributed by atoms with van der Waals surface area (Å²) in [5, 5.41) is 0. The Morgan fingerprint density at radius 3 is 2.37 bits per heavy atom. The molecule has 2 rings (SSSR count). The first-order valence-electron chi connectivity index (χ1n) is 7.80. The van der Waals surface area contributed by atoms with Crippen molar-refractivity contribution in [1.29, 1.82) is 0 Å². The van der Waals surface area contributed by atoms with E-state index in [0.717, 1.165) is 12.0 Å². The Bertz CT molecular complexity index is 328. The minimum Gasteiger partial charge on any atom is -0.297 e. The third kappa shape index (κ3) is 4.61. The van der Waals surface area contributed by atoms with Crippen LogP contribution in [0, 0.1) is 5.92 Å². The number of hydrogen-bond donors (Lipinski definition) is 0. The van der Waals surface area contributed by atoms with Crippen molar-refractivity contribution in [2.75, 3.05) is 7.05 Å². The third-order valence-corrected chi connectivity index (χ3v) is 4.34. The van der Waals surface area contributed by atoms with E-state index in [9.17, 15) is 0 Å². The monoisotopic (exact) mass is 262 g/mol. The topological polar surface area (TPSA) is 16.1 Å². The van der Waals surface area contributed by atoms with Gasteiger partial charge in [-0.1, -0.05) is 26.8 Å². The Labute approximate surface area is 119 Å². The average molecular weight is 262 g/mol. The maximum absolute atomic E-state index is 4.22. The number of aromatic nitrogens is 1. The lowest BCUT2D eigenvalue weighted by atomic mass is 9.86. The second-order valence-corrected chi connectivity index (χ2v) is 5.54. The lowest BCUT2D eigenvalue weighted by Crippen LogP contribution is -2.36. The highest BCUT2D eigenvalue weighted by Crippen LogP contribution is 2.30. The Kier molecular flexibility index (Phi) is 7.07. The Morgan fingerprint density at radius 1 is 1.21 bits per heavy atom. The molecular formula is C17H30N2. The zero-order valence-corrected chi connectivity index (χ0v) is 13.3. The second-order valence-electron chi connectivity index (χ2n) is 5.54. The maximum atomic E-state index is 4.22. The van der Waals surface area contributed by atoms with E-state index in [1.807, 2.05) is 32.3 Å². The molecule has 108 valence electrons. The van der Waals surface area contributed by atoms with Crippen molar-refractivity contribution < 1.29 is 0 Å². The SMILES string of the molecule is CC.CC1CCC(N(C)C(C)c2cccnc2)CC1. The molecule has 2 nitrogen and oxygen atoms in total. The fraction of sp³-hybridized carbons (Fsp3) is 0.706. The lowest BCUT2D eigenvalue weighted by molar-refractivity contribution is 0.131. The summed E-state index contributed by atoms with van der Waals surface area (Å²) in [6.45, 7) is 8.66. The second kappa shape index (κ2) is 8.31. The number of nitrogens with zero attached hydrogens (tertiary/aromatic N) is 2. The molecule has 1 atom stereocenters. The summed E-state index contributed by atoms with van der Waals surface area (Å²) in [4.78, 5) is 6.75. The predicted molar refractivity (Wildman–Crippen MR) is 83.2 cm³/mol. The molecule has 1 unspecified atom stereocenters. The highest BCUT2D eigenvalue weighted by molar-refractivity contribution is 5.13. The fourth-order valence-electron chi connectivity index (χ4n) is 2.82. The van der Waals surface area contributed by atoms with Gasteiger partial charge in [-0.3, -0.25) is 9.88 Å². The van der Waals surface area contributed by atoms with Crippen LogP contribution in [0.5, 0.6) is 0 Å². The number of hydrogen-bond acceptors (Lipinski definition) is 2. The highest BCUT2D eigenvalue weighted by Gasteiger charge is 2.25. The zero-order chi connectivity index (χ0) is 14.3. The van der Waals surface area contributed by atoms with Crippen LogP contribution in [0.1, 0.15) is 65.0 Å². The summed E-state index contributed by atoms with van der Waals surface area (Å²) in [5.74, 6) is 0.924. The van der Waals surface area contributed by atoms with Gasteiger partial charge in [-0.2, -0.15) is 0 Å². The molecule has 0 amide bonds.